The van der Waals surface area contributed by atoms with E-state index in [1.165, 1.54) is 4.88 Å². The van der Waals surface area contributed by atoms with Crippen molar-refractivity contribution in [1.29, 1.82) is 0 Å². The molecule has 1 saturated carbocycles. The molecule has 1 fully saturated rings. The van der Waals surface area contributed by atoms with Crippen LogP contribution in [0.25, 0.3) is 0 Å². The Kier molecular flexibility index (Phi) is 2.31. The van der Waals surface area contributed by atoms with Crippen molar-refractivity contribution >= 4 is 27.3 Å². The van der Waals surface area contributed by atoms with Crippen LogP contribution in [0.3, 0.4) is 0 Å². The van der Waals surface area contributed by atoms with Gasteiger partial charge in [-0.1, -0.05) is 29.8 Å². The minimum Gasteiger partial charge on any atom is -0.149 e. The zero-order valence-electron chi connectivity index (χ0n) is 8.30. The number of hydrogen-bond donors (Lipinski definition) is 0. The van der Waals surface area contributed by atoms with Gasteiger partial charge in [0.25, 0.3) is 0 Å². The van der Waals surface area contributed by atoms with Crippen molar-refractivity contribution in [1.82, 2.24) is 0 Å². The molecule has 0 saturated heterocycles. The van der Waals surface area contributed by atoms with E-state index >= 15 is 0 Å². The van der Waals surface area contributed by atoms with E-state index in [1.807, 2.05) is 11.3 Å². The topological polar surface area (TPSA) is 0 Å². The van der Waals surface area contributed by atoms with Crippen LogP contribution in [0.4, 0.5) is 0 Å². The van der Waals surface area contributed by atoms with Crippen molar-refractivity contribution in [3.8, 4) is 0 Å². The van der Waals surface area contributed by atoms with E-state index in [2.05, 4.69) is 48.1 Å². The molecular weight excluding hydrogens is 244 g/mol. The summed E-state index contributed by atoms with van der Waals surface area (Å²) in [6, 6.07) is 2.30. The first kappa shape index (κ1) is 9.72. The summed E-state index contributed by atoms with van der Waals surface area (Å²) in [5.74, 6) is 1.62. The number of thiophene rings is 1. The van der Waals surface area contributed by atoms with Gasteiger partial charge in [0.05, 0.1) is 0 Å². The Bertz CT molecular complexity index is 314. The fourth-order valence-electron chi connectivity index (χ4n) is 2.37. The lowest BCUT2D eigenvalue weighted by Gasteiger charge is -2.01. The van der Waals surface area contributed by atoms with E-state index in [0.29, 0.717) is 5.41 Å². The summed E-state index contributed by atoms with van der Waals surface area (Å²) < 4.78 is 0. The molecule has 1 aliphatic rings. The third-order valence-electron chi connectivity index (χ3n) is 3.45. The molecule has 2 atom stereocenters. The van der Waals surface area contributed by atoms with Crippen LogP contribution >= 0.6 is 27.3 Å². The summed E-state index contributed by atoms with van der Waals surface area (Å²) in [5.41, 5.74) is 2.09. The van der Waals surface area contributed by atoms with E-state index in [1.54, 1.807) is 5.56 Å². The summed E-state index contributed by atoms with van der Waals surface area (Å²) in [5, 5.41) is 3.35. The lowest BCUT2D eigenvalue weighted by Crippen LogP contribution is -1.90. The highest BCUT2D eigenvalue weighted by atomic mass is 79.9. The predicted molar refractivity (Wildman–Crippen MR) is 62.9 cm³/mol. The highest BCUT2D eigenvalue weighted by molar-refractivity contribution is 9.09. The normalized spacial score (nSPS) is 30.5. The van der Waals surface area contributed by atoms with Gasteiger partial charge in [0.2, 0.25) is 0 Å². The van der Waals surface area contributed by atoms with Crippen molar-refractivity contribution in [2.45, 2.75) is 26.7 Å². The zero-order chi connectivity index (χ0) is 9.64. The van der Waals surface area contributed by atoms with Crippen LogP contribution in [0.15, 0.2) is 11.4 Å². The second-order valence-electron chi connectivity index (χ2n) is 4.49. The Hall–Kier alpha value is 0.180. The van der Waals surface area contributed by atoms with E-state index in [4.69, 9.17) is 0 Å². The SMILES string of the molecule is Cc1sccc1C1C(CBr)C1(C)C. The molecule has 0 aromatic carbocycles. The maximum atomic E-state index is 3.61. The molecule has 0 nitrogen and oxygen atoms in total. The van der Waals surface area contributed by atoms with Gasteiger partial charge in [-0.2, -0.15) is 0 Å². The van der Waals surface area contributed by atoms with Gasteiger partial charge in [-0.05, 0) is 41.2 Å². The molecule has 0 bridgehead atoms. The Morgan fingerprint density at radius 2 is 2.23 bits per heavy atom. The summed E-state index contributed by atoms with van der Waals surface area (Å²) in [6.07, 6.45) is 0. The minimum atomic E-state index is 0.509. The molecule has 72 valence electrons. The van der Waals surface area contributed by atoms with E-state index in [-0.39, 0.29) is 0 Å². The number of halogens is 1. The molecule has 0 aliphatic heterocycles. The van der Waals surface area contributed by atoms with E-state index in [9.17, 15) is 0 Å². The Balaban J connectivity index is 2.26. The van der Waals surface area contributed by atoms with Crippen molar-refractivity contribution in [2.75, 3.05) is 5.33 Å². The van der Waals surface area contributed by atoms with Gasteiger partial charge in [-0.25, -0.2) is 0 Å². The van der Waals surface area contributed by atoms with E-state index in [0.717, 1.165) is 17.2 Å². The molecule has 1 heterocycles. The lowest BCUT2D eigenvalue weighted by atomic mass is 10.0. The third-order valence-corrected chi connectivity index (χ3v) is 5.01. The molecule has 1 aliphatic carbocycles. The standard InChI is InChI=1S/C11H15BrS/c1-7-8(4-5-13-7)10-9(6-12)11(10,2)3/h4-5,9-10H,6H2,1-3H3. The maximum Gasteiger partial charge on any atom is 0.00710 e. The summed E-state index contributed by atoms with van der Waals surface area (Å²) in [4.78, 5) is 1.50. The first-order chi connectivity index (χ1) is 6.09. The van der Waals surface area contributed by atoms with Crippen LogP contribution in [-0.2, 0) is 0 Å². The lowest BCUT2D eigenvalue weighted by molar-refractivity contribution is 0.579. The molecule has 2 rings (SSSR count). The zero-order valence-corrected chi connectivity index (χ0v) is 10.7. The fourth-order valence-corrected chi connectivity index (χ4v) is 4.33. The molecule has 0 N–H and O–H groups in total. The molecule has 2 unspecified atom stereocenters. The van der Waals surface area contributed by atoms with Gasteiger partial charge in [-0.3, -0.25) is 0 Å². The molecule has 1 aromatic heterocycles. The van der Waals surface area contributed by atoms with Crippen LogP contribution in [0.5, 0.6) is 0 Å². The van der Waals surface area contributed by atoms with Crippen molar-refractivity contribution in [3.05, 3.63) is 21.9 Å². The molecule has 13 heavy (non-hydrogen) atoms. The molecule has 2 heteroatoms. The monoisotopic (exact) mass is 258 g/mol. The van der Waals surface area contributed by atoms with Crippen molar-refractivity contribution in [2.24, 2.45) is 11.3 Å². The van der Waals surface area contributed by atoms with Gasteiger partial charge in [-0.15, -0.1) is 11.3 Å². The third kappa shape index (κ3) is 1.39. The molecule has 1 aromatic rings. The molecule has 0 amide bonds. The fraction of sp³-hybridized carbons (Fsp3) is 0.636. The second kappa shape index (κ2) is 3.09. The van der Waals surface area contributed by atoms with Crippen LogP contribution in [0, 0.1) is 18.3 Å². The van der Waals surface area contributed by atoms with Gasteiger partial charge < -0.3 is 0 Å². The first-order valence-electron chi connectivity index (χ1n) is 4.69. The summed E-state index contributed by atoms with van der Waals surface area (Å²) in [7, 11) is 0. The molecular formula is C11H15BrS. The highest BCUT2D eigenvalue weighted by Crippen LogP contribution is 2.65. The smallest absolute Gasteiger partial charge is 0.00710 e. The van der Waals surface area contributed by atoms with Gasteiger partial charge >= 0.3 is 0 Å². The first-order valence-corrected chi connectivity index (χ1v) is 6.69. The number of alkyl halides is 1. The van der Waals surface area contributed by atoms with Crippen LogP contribution < -0.4 is 0 Å². The van der Waals surface area contributed by atoms with Gasteiger partial charge in [0.1, 0.15) is 0 Å². The summed E-state index contributed by atoms with van der Waals surface area (Å²) >= 11 is 5.48. The quantitative estimate of drug-likeness (QED) is 0.698. The average molecular weight is 259 g/mol. The predicted octanol–water partition coefficient (Wildman–Crippen LogP) is 4.19. The van der Waals surface area contributed by atoms with Crippen molar-refractivity contribution in [3.63, 3.8) is 0 Å². The van der Waals surface area contributed by atoms with Crippen LogP contribution in [0.1, 0.15) is 30.2 Å². The number of hydrogen-bond acceptors (Lipinski definition) is 1. The van der Waals surface area contributed by atoms with Crippen LogP contribution in [-0.4, -0.2) is 5.33 Å². The minimum absolute atomic E-state index is 0.509. The van der Waals surface area contributed by atoms with Crippen molar-refractivity contribution < 1.29 is 0 Å². The maximum absolute atomic E-state index is 3.61. The Morgan fingerprint density at radius 3 is 2.62 bits per heavy atom. The van der Waals surface area contributed by atoms with Gasteiger partial charge in [0, 0.05) is 10.2 Å². The largest absolute Gasteiger partial charge is 0.149 e. The average Bonchev–Trinajstić information content (AvgIpc) is 2.41. The van der Waals surface area contributed by atoms with Crippen LogP contribution in [0.2, 0.25) is 0 Å². The second-order valence-corrected chi connectivity index (χ2v) is 6.26. The molecule has 0 radical (unpaired) electrons. The highest BCUT2D eigenvalue weighted by Gasteiger charge is 2.57. The Morgan fingerprint density at radius 1 is 1.54 bits per heavy atom. The number of aryl methyl sites for hydroxylation is 1. The van der Waals surface area contributed by atoms with E-state index < -0.39 is 0 Å². The van der Waals surface area contributed by atoms with Gasteiger partial charge in [0.15, 0.2) is 0 Å². The number of rotatable bonds is 2. The summed E-state index contributed by atoms with van der Waals surface area (Å²) in [6.45, 7) is 6.99. The molecule has 0 spiro atoms. The Labute approximate surface area is 92.5 Å².